The van der Waals surface area contributed by atoms with E-state index < -0.39 is 0 Å². The molecule has 3 aromatic rings. The average molecular weight is 322 g/mol. The van der Waals surface area contributed by atoms with Gasteiger partial charge in [0.1, 0.15) is 11.5 Å². The van der Waals surface area contributed by atoms with Gasteiger partial charge in [-0.05, 0) is 50.2 Å². The van der Waals surface area contributed by atoms with Crippen LogP contribution in [-0.4, -0.2) is 18.6 Å². The van der Waals surface area contributed by atoms with E-state index in [1.165, 1.54) is 5.56 Å². The number of rotatable bonds is 6. The molecule has 0 radical (unpaired) electrons. The molecule has 0 saturated carbocycles. The minimum Gasteiger partial charge on any atom is -0.493 e. The van der Waals surface area contributed by atoms with Gasteiger partial charge in [0.15, 0.2) is 0 Å². The highest BCUT2D eigenvalue weighted by molar-refractivity contribution is 5.54. The SMILES string of the molecule is CNc1ccc(OCCc2nc(-c3ccc(C)cc3)oc2C)cc1. The molecule has 24 heavy (non-hydrogen) atoms. The van der Waals surface area contributed by atoms with Crippen LogP contribution in [-0.2, 0) is 6.42 Å². The van der Waals surface area contributed by atoms with E-state index in [0.29, 0.717) is 12.5 Å². The summed E-state index contributed by atoms with van der Waals surface area (Å²) in [5.74, 6) is 2.37. The zero-order valence-corrected chi connectivity index (χ0v) is 14.3. The van der Waals surface area contributed by atoms with Crippen LogP contribution in [0.15, 0.2) is 52.9 Å². The lowest BCUT2D eigenvalue weighted by molar-refractivity contribution is 0.320. The molecule has 4 nitrogen and oxygen atoms in total. The van der Waals surface area contributed by atoms with Gasteiger partial charge in [0.25, 0.3) is 0 Å². The minimum atomic E-state index is 0.569. The van der Waals surface area contributed by atoms with Crippen molar-refractivity contribution in [3.05, 3.63) is 65.5 Å². The van der Waals surface area contributed by atoms with Crippen LogP contribution in [0, 0.1) is 13.8 Å². The first kappa shape index (κ1) is 16.1. The molecule has 0 amide bonds. The third-order valence-corrected chi connectivity index (χ3v) is 3.94. The lowest BCUT2D eigenvalue weighted by Gasteiger charge is -2.06. The van der Waals surface area contributed by atoms with Gasteiger partial charge in [-0.25, -0.2) is 4.98 Å². The van der Waals surface area contributed by atoms with Crippen molar-refractivity contribution in [2.75, 3.05) is 19.0 Å². The molecule has 0 saturated heterocycles. The molecule has 2 aromatic carbocycles. The van der Waals surface area contributed by atoms with Gasteiger partial charge in [-0.2, -0.15) is 0 Å². The summed E-state index contributed by atoms with van der Waals surface area (Å²) < 4.78 is 11.6. The van der Waals surface area contributed by atoms with E-state index in [-0.39, 0.29) is 0 Å². The van der Waals surface area contributed by atoms with E-state index in [2.05, 4.69) is 29.4 Å². The van der Waals surface area contributed by atoms with E-state index in [1.807, 2.05) is 50.4 Å². The second-order valence-electron chi connectivity index (χ2n) is 5.76. The maximum atomic E-state index is 5.80. The number of oxazole rings is 1. The normalized spacial score (nSPS) is 10.6. The Labute approximate surface area is 142 Å². The van der Waals surface area contributed by atoms with Crippen LogP contribution in [0.3, 0.4) is 0 Å². The Morgan fingerprint density at radius 3 is 2.38 bits per heavy atom. The van der Waals surface area contributed by atoms with Gasteiger partial charge < -0.3 is 14.5 Å². The first-order chi connectivity index (χ1) is 11.7. The summed E-state index contributed by atoms with van der Waals surface area (Å²) in [5, 5.41) is 3.09. The topological polar surface area (TPSA) is 47.3 Å². The number of anilines is 1. The first-order valence-corrected chi connectivity index (χ1v) is 8.09. The number of aryl methyl sites for hydroxylation is 2. The van der Waals surface area contributed by atoms with Crippen LogP contribution in [0.5, 0.6) is 5.75 Å². The van der Waals surface area contributed by atoms with Gasteiger partial charge in [-0.3, -0.25) is 0 Å². The summed E-state index contributed by atoms with van der Waals surface area (Å²) in [6, 6.07) is 16.1. The number of benzene rings is 2. The molecular formula is C20H22N2O2. The molecule has 1 aromatic heterocycles. The molecule has 0 aliphatic heterocycles. The lowest BCUT2D eigenvalue weighted by Crippen LogP contribution is -2.02. The molecule has 0 aliphatic carbocycles. The van der Waals surface area contributed by atoms with Crippen molar-refractivity contribution in [2.45, 2.75) is 20.3 Å². The molecule has 3 rings (SSSR count). The highest BCUT2D eigenvalue weighted by Gasteiger charge is 2.11. The van der Waals surface area contributed by atoms with Crippen molar-refractivity contribution in [3.63, 3.8) is 0 Å². The van der Waals surface area contributed by atoms with E-state index >= 15 is 0 Å². The van der Waals surface area contributed by atoms with Crippen LogP contribution < -0.4 is 10.1 Å². The van der Waals surface area contributed by atoms with Gasteiger partial charge in [-0.1, -0.05) is 17.7 Å². The predicted octanol–water partition coefficient (Wildman–Crippen LogP) is 4.62. The number of hydrogen-bond donors (Lipinski definition) is 1. The van der Waals surface area contributed by atoms with Crippen LogP contribution in [0.1, 0.15) is 17.0 Å². The van der Waals surface area contributed by atoms with E-state index in [0.717, 1.165) is 34.9 Å². The van der Waals surface area contributed by atoms with Crippen molar-refractivity contribution in [1.82, 2.24) is 4.98 Å². The molecule has 0 fully saturated rings. The van der Waals surface area contributed by atoms with Gasteiger partial charge in [0.05, 0.1) is 12.3 Å². The summed E-state index contributed by atoms with van der Waals surface area (Å²) in [6.07, 6.45) is 0.717. The van der Waals surface area contributed by atoms with Crippen LogP contribution >= 0.6 is 0 Å². The number of aromatic nitrogens is 1. The van der Waals surface area contributed by atoms with Crippen molar-refractivity contribution in [2.24, 2.45) is 0 Å². The number of nitrogens with one attached hydrogen (secondary N) is 1. The van der Waals surface area contributed by atoms with Crippen molar-refractivity contribution < 1.29 is 9.15 Å². The molecule has 1 heterocycles. The van der Waals surface area contributed by atoms with Crippen molar-refractivity contribution >= 4 is 5.69 Å². The molecule has 0 bridgehead atoms. The summed E-state index contributed by atoms with van der Waals surface area (Å²) >= 11 is 0. The minimum absolute atomic E-state index is 0.569. The summed E-state index contributed by atoms with van der Waals surface area (Å²) in [6.45, 7) is 4.58. The fourth-order valence-electron chi connectivity index (χ4n) is 2.46. The van der Waals surface area contributed by atoms with E-state index in [1.54, 1.807) is 0 Å². The third kappa shape index (κ3) is 3.77. The Bertz CT molecular complexity index is 790. The Morgan fingerprint density at radius 1 is 1.00 bits per heavy atom. The number of nitrogens with zero attached hydrogens (tertiary/aromatic N) is 1. The fourth-order valence-corrected chi connectivity index (χ4v) is 2.46. The largest absolute Gasteiger partial charge is 0.493 e. The molecular weight excluding hydrogens is 300 g/mol. The first-order valence-electron chi connectivity index (χ1n) is 8.09. The van der Waals surface area contributed by atoms with Crippen molar-refractivity contribution in [1.29, 1.82) is 0 Å². The lowest BCUT2D eigenvalue weighted by atomic mass is 10.1. The molecule has 0 spiro atoms. The van der Waals surface area contributed by atoms with Crippen molar-refractivity contribution in [3.8, 4) is 17.2 Å². The van der Waals surface area contributed by atoms with Gasteiger partial charge in [0.2, 0.25) is 5.89 Å². The van der Waals surface area contributed by atoms with Crippen LogP contribution in [0.4, 0.5) is 5.69 Å². The van der Waals surface area contributed by atoms with Gasteiger partial charge in [0, 0.05) is 24.7 Å². The smallest absolute Gasteiger partial charge is 0.226 e. The highest BCUT2D eigenvalue weighted by atomic mass is 16.5. The Morgan fingerprint density at radius 2 is 1.71 bits per heavy atom. The molecule has 1 N–H and O–H groups in total. The maximum absolute atomic E-state index is 5.80. The molecule has 0 atom stereocenters. The molecule has 0 aliphatic rings. The summed E-state index contributed by atoms with van der Waals surface area (Å²) in [7, 11) is 1.90. The zero-order valence-electron chi connectivity index (χ0n) is 14.3. The standard InChI is InChI=1S/C20H22N2O2/c1-14-4-6-16(7-5-14)20-22-19(15(2)24-20)12-13-23-18-10-8-17(21-3)9-11-18/h4-11,21H,12-13H2,1-3H3. The van der Waals surface area contributed by atoms with Gasteiger partial charge in [-0.15, -0.1) is 0 Å². The molecule has 124 valence electrons. The maximum Gasteiger partial charge on any atom is 0.226 e. The highest BCUT2D eigenvalue weighted by Crippen LogP contribution is 2.22. The number of hydrogen-bond acceptors (Lipinski definition) is 4. The fraction of sp³-hybridized carbons (Fsp3) is 0.250. The molecule has 0 unspecified atom stereocenters. The summed E-state index contributed by atoms with van der Waals surface area (Å²) in [4.78, 5) is 4.61. The quantitative estimate of drug-likeness (QED) is 0.719. The second kappa shape index (κ2) is 7.21. The third-order valence-electron chi connectivity index (χ3n) is 3.94. The Hall–Kier alpha value is -2.75. The Balaban J connectivity index is 1.62. The van der Waals surface area contributed by atoms with Crippen LogP contribution in [0.2, 0.25) is 0 Å². The molecule has 4 heteroatoms. The average Bonchev–Trinajstić information content (AvgIpc) is 2.97. The number of ether oxygens (including phenoxy) is 1. The zero-order chi connectivity index (χ0) is 16.9. The van der Waals surface area contributed by atoms with E-state index in [4.69, 9.17) is 9.15 Å². The van der Waals surface area contributed by atoms with Crippen LogP contribution in [0.25, 0.3) is 11.5 Å². The predicted molar refractivity (Wildman–Crippen MR) is 96.6 cm³/mol. The van der Waals surface area contributed by atoms with E-state index in [9.17, 15) is 0 Å². The monoisotopic (exact) mass is 322 g/mol. The van der Waals surface area contributed by atoms with Gasteiger partial charge >= 0.3 is 0 Å². The summed E-state index contributed by atoms with van der Waals surface area (Å²) in [5.41, 5.74) is 4.23. The Kier molecular flexibility index (Phi) is 4.85. The second-order valence-corrected chi connectivity index (χ2v) is 5.76.